The van der Waals surface area contributed by atoms with E-state index in [9.17, 15) is 8.42 Å². The summed E-state index contributed by atoms with van der Waals surface area (Å²) in [7, 11) is -3.17. The highest BCUT2D eigenvalue weighted by atomic mass is 32.2. The molecule has 0 spiro atoms. The van der Waals surface area contributed by atoms with Gasteiger partial charge in [0.2, 0.25) is 0 Å². The van der Waals surface area contributed by atoms with Crippen LogP contribution in [0.1, 0.15) is 5.56 Å². The van der Waals surface area contributed by atoms with E-state index in [2.05, 4.69) is 0 Å². The van der Waals surface area contributed by atoms with Gasteiger partial charge in [0.25, 0.3) is 0 Å². The molecule has 0 saturated heterocycles. The van der Waals surface area contributed by atoms with Gasteiger partial charge in [0, 0.05) is 12.8 Å². The van der Waals surface area contributed by atoms with Crippen LogP contribution in [-0.2, 0) is 16.4 Å². The van der Waals surface area contributed by atoms with Crippen LogP contribution in [0.4, 0.5) is 0 Å². The third-order valence-corrected chi connectivity index (χ3v) is 2.76. The minimum absolute atomic E-state index is 0.00322. The Morgan fingerprint density at radius 3 is 2.33 bits per heavy atom. The maximum atomic E-state index is 11.1. The Balaban J connectivity index is 3.33. The molecule has 1 radical (unpaired) electrons. The standard InChI is InChI=1S/C8H10NO2S/c1-12(10,11)8-5-3-2-4-7(8)6-9/h2-5,9H,6H2,1H3. The van der Waals surface area contributed by atoms with Crippen LogP contribution in [0.5, 0.6) is 0 Å². The lowest BCUT2D eigenvalue weighted by Gasteiger charge is -2.03. The minimum Gasteiger partial charge on any atom is -0.253 e. The zero-order valence-electron chi connectivity index (χ0n) is 6.74. The average molecular weight is 184 g/mol. The summed E-state index contributed by atoms with van der Waals surface area (Å²) in [6.45, 7) is 0.00322. The van der Waals surface area contributed by atoms with Crippen LogP contribution in [-0.4, -0.2) is 14.7 Å². The fourth-order valence-electron chi connectivity index (χ4n) is 1.01. The SMILES string of the molecule is CS(=O)(=O)c1ccccc1C[NH]. The van der Waals surface area contributed by atoms with Crippen LogP contribution < -0.4 is 5.73 Å². The lowest BCUT2D eigenvalue weighted by molar-refractivity contribution is 0.600. The van der Waals surface area contributed by atoms with Gasteiger partial charge in [0.1, 0.15) is 0 Å². The van der Waals surface area contributed by atoms with Gasteiger partial charge >= 0.3 is 0 Å². The number of nitrogens with one attached hydrogen (secondary N) is 1. The van der Waals surface area contributed by atoms with Crippen LogP contribution in [0.15, 0.2) is 29.2 Å². The quantitative estimate of drug-likeness (QED) is 0.684. The summed E-state index contributed by atoms with van der Waals surface area (Å²) in [5, 5.41) is 0. The van der Waals surface area contributed by atoms with Gasteiger partial charge in [-0.25, -0.2) is 8.42 Å². The topological polar surface area (TPSA) is 57.9 Å². The molecule has 1 N–H and O–H groups in total. The van der Waals surface area contributed by atoms with Crippen molar-refractivity contribution in [3.63, 3.8) is 0 Å². The third kappa shape index (κ3) is 1.84. The molecular weight excluding hydrogens is 174 g/mol. The Labute approximate surface area is 72.1 Å². The molecule has 65 valence electrons. The number of hydrogen-bond donors (Lipinski definition) is 0. The maximum absolute atomic E-state index is 11.1. The number of sulfone groups is 1. The molecule has 0 aliphatic rings. The van der Waals surface area contributed by atoms with Crippen molar-refractivity contribution in [2.24, 2.45) is 0 Å². The number of benzene rings is 1. The first-order valence-corrected chi connectivity index (χ1v) is 5.37. The first kappa shape index (κ1) is 9.22. The largest absolute Gasteiger partial charge is 0.253 e. The van der Waals surface area contributed by atoms with Crippen LogP contribution >= 0.6 is 0 Å². The summed E-state index contributed by atoms with van der Waals surface area (Å²) in [6.07, 6.45) is 1.15. The number of hydrogen-bond acceptors (Lipinski definition) is 2. The molecule has 0 aliphatic heterocycles. The Morgan fingerprint density at radius 2 is 1.92 bits per heavy atom. The molecule has 12 heavy (non-hydrogen) atoms. The van der Waals surface area contributed by atoms with Crippen molar-refractivity contribution in [1.29, 1.82) is 0 Å². The Morgan fingerprint density at radius 1 is 1.33 bits per heavy atom. The zero-order chi connectivity index (χ0) is 9.19. The summed E-state index contributed by atoms with van der Waals surface area (Å²) in [5.41, 5.74) is 7.66. The van der Waals surface area contributed by atoms with Crippen molar-refractivity contribution >= 4 is 9.84 Å². The molecule has 0 aliphatic carbocycles. The maximum Gasteiger partial charge on any atom is 0.175 e. The molecule has 1 rings (SSSR count). The highest BCUT2D eigenvalue weighted by molar-refractivity contribution is 7.90. The van der Waals surface area contributed by atoms with E-state index in [1.54, 1.807) is 18.2 Å². The first-order chi connectivity index (χ1) is 5.55. The fraction of sp³-hybridized carbons (Fsp3) is 0.250. The van der Waals surface area contributed by atoms with E-state index in [1.807, 2.05) is 0 Å². The van der Waals surface area contributed by atoms with Gasteiger partial charge < -0.3 is 0 Å². The van der Waals surface area contributed by atoms with E-state index >= 15 is 0 Å². The smallest absolute Gasteiger partial charge is 0.175 e. The van der Waals surface area contributed by atoms with E-state index in [-0.39, 0.29) is 11.4 Å². The molecule has 0 bridgehead atoms. The molecule has 0 amide bonds. The summed E-state index contributed by atoms with van der Waals surface area (Å²) < 4.78 is 22.3. The highest BCUT2D eigenvalue weighted by Gasteiger charge is 2.10. The summed E-state index contributed by atoms with van der Waals surface area (Å²) in [4.78, 5) is 0.264. The lowest BCUT2D eigenvalue weighted by Crippen LogP contribution is -2.02. The molecule has 0 atom stereocenters. The van der Waals surface area contributed by atoms with E-state index in [0.29, 0.717) is 5.56 Å². The fourth-order valence-corrected chi connectivity index (χ4v) is 1.95. The summed E-state index contributed by atoms with van der Waals surface area (Å²) in [5.74, 6) is 0. The molecule has 0 saturated carbocycles. The molecule has 1 aromatic carbocycles. The van der Waals surface area contributed by atoms with E-state index in [1.165, 1.54) is 6.07 Å². The molecule has 3 nitrogen and oxygen atoms in total. The van der Waals surface area contributed by atoms with Gasteiger partial charge in [0.15, 0.2) is 9.84 Å². The zero-order valence-corrected chi connectivity index (χ0v) is 7.56. The van der Waals surface area contributed by atoms with Gasteiger partial charge in [-0.1, -0.05) is 18.2 Å². The van der Waals surface area contributed by atoms with Crippen LogP contribution in [0, 0.1) is 0 Å². The van der Waals surface area contributed by atoms with Gasteiger partial charge in [-0.05, 0) is 11.6 Å². The lowest BCUT2D eigenvalue weighted by atomic mass is 10.2. The van der Waals surface area contributed by atoms with Crippen molar-refractivity contribution in [3.05, 3.63) is 29.8 Å². The Hall–Kier alpha value is -0.870. The molecule has 1 aromatic rings. The second kappa shape index (κ2) is 3.25. The third-order valence-electron chi connectivity index (χ3n) is 1.56. The van der Waals surface area contributed by atoms with E-state index in [4.69, 9.17) is 5.73 Å². The molecule has 0 fully saturated rings. The molecule has 0 aromatic heterocycles. The summed E-state index contributed by atoms with van der Waals surface area (Å²) >= 11 is 0. The predicted molar refractivity (Wildman–Crippen MR) is 46.4 cm³/mol. The second-order valence-electron chi connectivity index (χ2n) is 2.56. The van der Waals surface area contributed by atoms with Crippen molar-refractivity contribution in [3.8, 4) is 0 Å². The van der Waals surface area contributed by atoms with Crippen molar-refractivity contribution in [2.75, 3.05) is 6.26 Å². The summed E-state index contributed by atoms with van der Waals surface area (Å²) in [6, 6.07) is 6.58. The normalized spacial score (nSPS) is 11.5. The van der Waals surface area contributed by atoms with Crippen molar-refractivity contribution in [2.45, 2.75) is 11.4 Å². The van der Waals surface area contributed by atoms with E-state index in [0.717, 1.165) is 6.26 Å². The predicted octanol–water partition coefficient (Wildman–Crippen LogP) is 0.873. The van der Waals surface area contributed by atoms with E-state index < -0.39 is 9.84 Å². The van der Waals surface area contributed by atoms with Gasteiger partial charge in [-0.2, -0.15) is 0 Å². The number of rotatable bonds is 2. The van der Waals surface area contributed by atoms with Crippen molar-refractivity contribution in [1.82, 2.24) is 5.73 Å². The molecule has 4 heteroatoms. The van der Waals surface area contributed by atoms with Crippen molar-refractivity contribution < 1.29 is 8.42 Å². The minimum atomic E-state index is -3.17. The van der Waals surface area contributed by atoms with Crippen LogP contribution in [0.2, 0.25) is 0 Å². The second-order valence-corrected chi connectivity index (χ2v) is 4.54. The highest BCUT2D eigenvalue weighted by Crippen LogP contribution is 2.14. The van der Waals surface area contributed by atoms with Crippen LogP contribution in [0.3, 0.4) is 0 Å². The first-order valence-electron chi connectivity index (χ1n) is 3.48. The average Bonchev–Trinajstić information content (AvgIpc) is 2.03. The Bertz CT molecular complexity index is 370. The molecule has 0 unspecified atom stereocenters. The van der Waals surface area contributed by atoms with Gasteiger partial charge in [-0.3, -0.25) is 5.73 Å². The Kier molecular flexibility index (Phi) is 2.49. The monoisotopic (exact) mass is 184 g/mol. The van der Waals surface area contributed by atoms with Gasteiger partial charge in [0.05, 0.1) is 4.90 Å². The molecular formula is C8H10NO2S. The van der Waals surface area contributed by atoms with Gasteiger partial charge in [-0.15, -0.1) is 0 Å². The van der Waals surface area contributed by atoms with Crippen LogP contribution in [0.25, 0.3) is 0 Å². The molecule has 0 heterocycles.